The van der Waals surface area contributed by atoms with Crippen molar-refractivity contribution in [2.45, 2.75) is 17.6 Å². The molecule has 168 valence electrons. The number of benzene rings is 2. The van der Waals surface area contributed by atoms with Crippen LogP contribution in [0, 0.1) is 0 Å². The van der Waals surface area contributed by atoms with E-state index in [2.05, 4.69) is 0 Å². The van der Waals surface area contributed by atoms with Crippen molar-refractivity contribution < 1.29 is 32.2 Å². The fourth-order valence-corrected chi connectivity index (χ4v) is 5.69. The minimum absolute atomic E-state index is 0.144. The topological polar surface area (TPSA) is 106 Å². The molecular formula is C22H20ClNO7S. The minimum Gasteiger partial charge on any atom is -0.493 e. The Kier molecular flexibility index (Phi) is 5.89. The first-order chi connectivity index (χ1) is 15.3. The Bertz CT molecular complexity index is 1270. The van der Waals surface area contributed by atoms with E-state index >= 15 is 0 Å². The molecule has 10 heteroatoms. The Hall–Kier alpha value is -3.01. The zero-order valence-electron chi connectivity index (χ0n) is 17.2. The lowest BCUT2D eigenvalue weighted by molar-refractivity contribution is 0.0696. The number of aromatic carboxylic acids is 1. The summed E-state index contributed by atoms with van der Waals surface area (Å²) in [5.74, 6) is -0.348. The molecule has 0 fully saturated rings. The summed E-state index contributed by atoms with van der Waals surface area (Å²) in [5, 5.41) is 8.23. The molecule has 0 amide bonds. The number of fused-ring (bicyclic) bond motifs is 1. The van der Waals surface area contributed by atoms with Crippen molar-refractivity contribution in [3.63, 3.8) is 0 Å². The number of sulfonamides is 1. The van der Waals surface area contributed by atoms with E-state index in [1.54, 1.807) is 13.2 Å². The smallest absolute Gasteiger partial charge is 0.340 e. The fourth-order valence-electron chi connectivity index (χ4n) is 3.90. The molecule has 1 aliphatic rings. The van der Waals surface area contributed by atoms with E-state index in [4.69, 9.17) is 25.5 Å². The number of hydrogen-bond donors (Lipinski definition) is 1. The van der Waals surface area contributed by atoms with Crippen LogP contribution in [-0.2, 0) is 16.4 Å². The predicted octanol–water partition coefficient (Wildman–Crippen LogP) is 3.98. The van der Waals surface area contributed by atoms with E-state index < -0.39 is 37.9 Å². The van der Waals surface area contributed by atoms with Gasteiger partial charge in [-0.25, -0.2) is 13.2 Å². The molecule has 1 unspecified atom stereocenters. The molecule has 2 heterocycles. The van der Waals surface area contributed by atoms with Crippen LogP contribution in [0.15, 0.2) is 58.0 Å². The normalized spacial score (nSPS) is 16.4. The highest BCUT2D eigenvalue weighted by Gasteiger charge is 2.40. The quantitative estimate of drug-likeness (QED) is 0.572. The molecular weight excluding hydrogens is 458 g/mol. The Morgan fingerprint density at radius 1 is 1.12 bits per heavy atom. The largest absolute Gasteiger partial charge is 0.493 e. The molecule has 32 heavy (non-hydrogen) atoms. The molecule has 0 bridgehead atoms. The Labute approximate surface area is 190 Å². The molecule has 2 aromatic carbocycles. The second kappa shape index (κ2) is 8.50. The van der Waals surface area contributed by atoms with Gasteiger partial charge in [0.2, 0.25) is 10.3 Å². The molecule has 0 spiro atoms. The van der Waals surface area contributed by atoms with Crippen LogP contribution >= 0.6 is 11.6 Å². The third kappa shape index (κ3) is 3.72. The van der Waals surface area contributed by atoms with Crippen molar-refractivity contribution in [3.05, 3.63) is 76.0 Å². The summed E-state index contributed by atoms with van der Waals surface area (Å²) in [4.78, 5) is 11.3. The summed E-state index contributed by atoms with van der Waals surface area (Å²) in [6.07, 6.45) is 0.415. The molecule has 0 saturated heterocycles. The maximum atomic E-state index is 13.6. The first kappa shape index (κ1) is 22.2. The number of methoxy groups -OCH3 is 2. The van der Waals surface area contributed by atoms with Crippen molar-refractivity contribution in [3.8, 4) is 11.5 Å². The van der Waals surface area contributed by atoms with E-state index in [0.717, 1.165) is 22.8 Å². The third-order valence-corrected chi connectivity index (χ3v) is 7.40. The number of nitrogens with zero attached hydrogens (tertiary/aromatic N) is 1. The van der Waals surface area contributed by atoms with Crippen molar-refractivity contribution in [2.75, 3.05) is 20.8 Å². The van der Waals surface area contributed by atoms with Gasteiger partial charge >= 0.3 is 5.97 Å². The lowest BCUT2D eigenvalue weighted by Crippen LogP contribution is -2.40. The Morgan fingerprint density at radius 2 is 1.78 bits per heavy atom. The molecule has 3 aromatic rings. The van der Waals surface area contributed by atoms with E-state index in [-0.39, 0.29) is 6.54 Å². The molecule has 1 aromatic heterocycles. The van der Waals surface area contributed by atoms with Gasteiger partial charge in [0.25, 0.3) is 10.0 Å². The van der Waals surface area contributed by atoms with Crippen LogP contribution in [0.4, 0.5) is 0 Å². The average molecular weight is 478 g/mol. The van der Waals surface area contributed by atoms with Crippen LogP contribution in [0.3, 0.4) is 0 Å². The average Bonchev–Trinajstić information content (AvgIpc) is 3.20. The monoisotopic (exact) mass is 477 g/mol. The Morgan fingerprint density at radius 3 is 2.38 bits per heavy atom. The molecule has 0 radical (unpaired) electrons. The summed E-state index contributed by atoms with van der Waals surface area (Å²) in [6, 6.07) is 13.0. The highest BCUT2D eigenvalue weighted by molar-refractivity contribution is 7.89. The first-order valence-corrected chi connectivity index (χ1v) is 11.4. The third-order valence-electron chi connectivity index (χ3n) is 5.40. The number of halogens is 1. The highest BCUT2D eigenvalue weighted by Crippen LogP contribution is 2.43. The van der Waals surface area contributed by atoms with Gasteiger partial charge in [-0.2, -0.15) is 4.31 Å². The van der Waals surface area contributed by atoms with Gasteiger partial charge in [-0.3, -0.25) is 0 Å². The predicted molar refractivity (Wildman–Crippen MR) is 116 cm³/mol. The van der Waals surface area contributed by atoms with Gasteiger partial charge in [-0.1, -0.05) is 30.3 Å². The number of furan rings is 1. The zero-order valence-corrected chi connectivity index (χ0v) is 18.8. The van der Waals surface area contributed by atoms with Gasteiger partial charge in [0.1, 0.15) is 5.56 Å². The van der Waals surface area contributed by atoms with Crippen LogP contribution in [0.2, 0.25) is 5.22 Å². The van der Waals surface area contributed by atoms with Crippen LogP contribution < -0.4 is 9.47 Å². The van der Waals surface area contributed by atoms with Gasteiger partial charge in [-0.15, -0.1) is 0 Å². The van der Waals surface area contributed by atoms with Crippen molar-refractivity contribution in [1.29, 1.82) is 0 Å². The Balaban J connectivity index is 1.89. The summed E-state index contributed by atoms with van der Waals surface area (Å²) in [7, 11) is -1.17. The standard InChI is InChI=1S/C22H20ClNO7S/c1-29-17-10-14-8-9-24(32(27,28)19-12-16(22(25)26)21(23)31-19)20(13-6-4-3-5-7-13)15(14)11-18(17)30-2/h3-7,10-12,20H,8-9H2,1-2H3,(H,25,26). The zero-order chi connectivity index (χ0) is 23.0. The van der Waals surface area contributed by atoms with Crippen molar-refractivity contribution >= 4 is 27.6 Å². The minimum atomic E-state index is -4.23. The van der Waals surface area contributed by atoms with Crippen molar-refractivity contribution in [2.24, 2.45) is 0 Å². The number of rotatable bonds is 6. The highest BCUT2D eigenvalue weighted by atomic mass is 35.5. The van der Waals surface area contributed by atoms with Gasteiger partial charge < -0.3 is 19.0 Å². The molecule has 1 atom stereocenters. The van der Waals surface area contributed by atoms with Gasteiger partial charge in [0.15, 0.2) is 11.5 Å². The fraction of sp³-hybridized carbons (Fsp3) is 0.227. The van der Waals surface area contributed by atoms with Crippen LogP contribution in [0.5, 0.6) is 11.5 Å². The summed E-state index contributed by atoms with van der Waals surface area (Å²) in [5.41, 5.74) is 1.98. The molecule has 1 N–H and O–H groups in total. The summed E-state index contributed by atoms with van der Waals surface area (Å²) in [6.45, 7) is 0.144. The molecule has 8 nitrogen and oxygen atoms in total. The van der Waals surface area contributed by atoms with Crippen LogP contribution in [0.25, 0.3) is 0 Å². The maximum Gasteiger partial charge on any atom is 0.340 e. The summed E-state index contributed by atoms with van der Waals surface area (Å²) < 4.78 is 44.4. The van der Waals surface area contributed by atoms with E-state index in [1.807, 2.05) is 36.4 Å². The maximum absolute atomic E-state index is 13.6. The number of hydrogen-bond acceptors (Lipinski definition) is 6. The molecule has 4 rings (SSSR count). The first-order valence-electron chi connectivity index (χ1n) is 9.62. The van der Waals surface area contributed by atoms with E-state index in [0.29, 0.717) is 17.9 Å². The van der Waals surface area contributed by atoms with E-state index in [9.17, 15) is 18.3 Å². The van der Waals surface area contributed by atoms with Gasteiger partial charge in [0.05, 0.1) is 20.3 Å². The number of carbonyl (C=O) groups is 1. The van der Waals surface area contributed by atoms with E-state index in [1.165, 1.54) is 11.4 Å². The molecule has 1 aliphatic heterocycles. The van der Waals surface area contributed by atoms with Crippen LogP contribution in [0.1, 0.15) is 33.1 Å². The van der Waals surface area contributed by atoms with Crippen molar-refractivity contribution in [1.82, 2.24) is 4.31 Å². The number of carboxylic acid groups (broad SMARTS) is 1. The molecule has 0 saturated carbocycles. The lowest BCUT2D eigenvalue weighted by atomic mass is 9.89. The number of carboxylic acids is 1. The summed E-state index contributed by atoms with van der Waals surface area (Å²) >= 11 is 5.83. The van der Waals surface area contributed by atoms with Gasteiger partial charge in [-0.05, 0) is 46.8 Å². The molecule has 0 aliphatic carbocycles. The van der Waals surface area contributed by atoms with Gasteiger partial charge in [0, 0.05) is 12.6 Å². The second-order valence-electron chi connectivity index (χ2n) is 7.14. The second-order valence-corrected chi connectivity index (χ2v) is 9.31. The van der Waals surface area contributed by atoms with Crippen LogP contribution in [-0.4, -0.2) is 44.6 Å². The lowest BCUT2D eigenvalue weighted by Gasteiger charge is -2.36. The number of ether oxygens (including phenoxy) is 2. The SMILES string of the molecule is COc1cc2c(cc1OC)C(c1ccccc1)N(S(=O)(=O)c1cc(C(=O)O)c(Cl)o1)CC2.